The number of likely N-dealkylation sites (tertiary alicyclic amines) is 1. The van der Waals surface area contributed by atoms with Gasteiger partial charge < -0.3 is 0 Å². The van der Waals surface area contributed by atoms with Crippen LogP contribution >= 0.6 is 11.6 Å². The number of piperidine rings is 1. The van der Waals surface area contributed by atoms with Crippen LogP contribution in [0, 0.1) is 0 Å². The Labute approximate surface area is 105 Å². The van der Waals surface area contributed by atoms with Gasteiger partial charge in [0.1, 0.15) is 0 Å². The highest BCUT2D eigenvalue weighted by molar-refractivity contribution is 6.33. The van der Waals surface area contributed by atoms with Crippen LogP contribution in [0.2, 0.25) is 5.02 Å². The first-order chi connectivity index (χ1) is 8.25. The third-order valence-corrected chi connectivity index (χ3v) is 3.69. The predicted octanol–water partition coefficient (Wildman–Crippen LogP) is 2.54. The molecule has 0 aliphatic carbocycles. The Kier molecular flexibility index (Phi) is 2.76. The molecule has 3 rings (SSSR count). The fraction of sp³-hybridized carbons (Fsp3) is 0.500. The molecule has 4 nitrogen and oxygen atoms in total. The van der Waals surface area contributed by atoms with Crippen LogP contribution in [0.15, 0.2) is 18.3 Å². The van der Waals surface area contributed by atoms with E-state index in [0.29, 0.717) is 11.1 Å². The number of aromatic nitrogens is 3. The van der Waals surface area contributed by atoms with Crippen molar-refractivity contribution < 1.29 is 0 Å². The number of hydrogen-bond donors (Lipinski definition) is 0. The molecular formula is C12H15ClN4. The van der Waals surface area contributed by atoms with Gasteiger partial charge in [-0.2, -0.15) is 0 Å². The van der Waals surface area contributed by atoms with Crippen molar-refractivity contribution in [2.24, 2.45) is 0 Å². The zero-order valence-corrected chi connectivity index (χ0v) is 10.6. The Morgan fingerprint density at radius 2 is 2.29 bits per heavy atom. The van der Waals surface area contributed by atoms with Gasteiger partial charge in [0.05, 0.1) is 11.1 Å². The fourth-order valence-electron chi connectivity index (χ4n) is 2.43. The summed E-state index contributed by atoms with van der Waals surface area (Å²) in [5.41, 5.74) is 0.753. The molecule has 0 aromatic carbocycles. The van der Waals surface area contributed by atoms with E-state index in [2.05, 4.69) is 22.0 Å². The lowest BCUT2D eigenvalue weighted by molar-refractivity contribution is 0.179. The number of fused-ring (bicyclic) bond motifs is 1. The van der Waals surface area contributed by atoms with Crippen molar-refractivity contribution in [3.05, 3.63) is 29.2 Å². The van der Waals surface area contributed by atoms with Gasteiger partial charge in [-0.1, -0.05) is 18.0 Å². The van der Waals surface area contributed by atoms with E-state index < -0.39 is 0 Å². The highest BCUT2D eigenvalue weighted by Gasteiger charge is 2.24. The van der Waals surface area contributed by atoms with Crippen molar-refractivity contribution in [2.75, 3.05) is 13.6 Å². The van der Waals surface area contributed by atoms with Crippen LogP contribution in [0.1, 0.15) is 31.1 Å². The molecule has 1 saturated heterocycles. The van der Waals surface area contributed by atoms with Gasteiger partial charge in [0.15, 0.2) is 11.5 Å². The average molecular weight is 251 g/mol. The molecule has 5 heteroatoms. The van der Waals surface area contributed by atoms with Gasteiger partial charge in [-0.05, 0) is 38.6 Å². The van der Waals surface area contributed by atoms with Crippen LogP contribution in [0.25, 0.3) is 5.65 Å². The zero-order valence-electron chi connectivity index (χ0n) is 9.80. The number of pyridine rings is 1. The molecule has 2 aromatic heterocycles. The summed E-state index contributed by atoms with van der Waals surface area (Å²) in [6.07, 6.45) is 5.53. The summed E-state index contributed by atoms with van der Waals surface area (Å²) in [7, 11) is 2.14. The number of halogens is 1. The van der Waals surface area contributed by atoms with Gasteiger partial charge in [-0.3, -0.25) is 4.90 Å². The standard InChI is InChI=1S/C12H15ClN4/c1-16-7-3-2-6-10(16)11-14-12-9(13)5-4-8-17(12)15-11/h4-5,8,10H,2-3,6-7H2,1H3. The molecule has 0 bridgehead atoms. The van der Waals surface area contributed by atoms with Gasteiger partial charge >= 0.3 is 0 Å². The molecule has 90 valence electrons. The maximum Gasteiger partial charge on any atom is 0.174 e. The zero-order chi connectivity index (χ0) is 11.8. The van der Waals surface area contributed by atoms with E-state index in [0.717, 1.165) is 24.4 Å². The Morgan fingerprint density at radius 3 is 3.06 bits per heavy atom. The largest absolute Gasteiger partial charge is 0.296 e. The van der Waals surface area contributed by atoms with E-state index >= 15 is 0 Å². The van der Waals surface area contributed by atoms with Crippen molar-refractivity contribution in [2.45, 2.75) is 25.3 Å². The maximum absolute atomic E-state index is 6.11. The lowest BCUT2D eigenvalue weighted by Crippen LogP contribution is -2.30. The monoisotopic (exact) mass is 250 g/mol. The summed E-state index contributed by atoms with van der Waals surface area (Å²) in [6.45, 7) is 1.12. The van der Waals surface area contributed by atoms with Crippen molar-refractivity contribution in [3.63, 3.8) is 0 Å². The average Bonchev–Trinajstić information content (AvgIpc) is 2.75. The molecule has 1 fully saturated rings. The van der Waals surface area contributed by atoms with Crippen LogP contribution in [-0.4, -0.2) is 33.1 Å². The van der Waals surface area contributed by atoms with Crippen molar-refractivity contribution in [3.8, 4) is 0 Å². The molecule has 0 spiro atoms. The summed E-state index contributed by atoms with van der Waals surface area (Å²) in [5, 5.41) is 5.18. The molecule has 3 heterocycles. The fourth-order valence-corrected chi connectivity index (χ4v) is 2.63. The van der Waals surface area contributed by atoms with Gasteiger partial charge in [-0.15, -0.1) is 5.10 Å². The molecule has 0 saturated carbocycles. The van der Waals surface area contributed by atoms with E-state index in [9.17, 15) is 0 Å². The number of rotatable bonds is 1. The lowest BCUT2D eigenvalue weighted by Gasteiger charge is -2.30. The second-order valence-electron chi connectivity index (χ2n) is 4.59. The Morgan fingerprint density at radius 1 is 1.41 bits per heavy atom. The summed E-state index contributed by atoms with van der Waals surface area (Å²) in [6, 6.07) is 4.07. The van der Waals surface area contributed by atoms with E-state index in [1.54, 1.807) is 4.52 Å². The van der Waals surface area contributed by atoms with Gasteiger partial charge in [0.25, 0.3) is 0 Å². The summed E-state index contributed by atoms with van der Waals surface area (Å²) in [5.74, 6) is 0.889. The molecule has 1 aliphatic rings. The van der Waals surface area contributed by atoms with Crippen LogP contribution in [0.3, 0.4) is 0 Å². The first-order valence-corrected chi connectivity index (χ1v) is 6.34. The minimum absolute atomic E-state index is 0.333. The van der Waals surface area contributed by atoms with Crippen LogP contribution in [0.5, 0.6) is 0 Å². The minimum atomic E-state index is 0.333. The summed E-state index contributed by atoms with van der Waals surface area (Å²) >= 11 is 6.11. The van der Waals surface area contributed by atoms with Crippen molar-refractivity contribution in [1.82, 2.24) is 19.5 Å². The second kappa shape index (κ2) is 4.27. The second-order valence-corrected chi connectivity index (χ2v) is 4.99. The van der Waals surface area contributed by atoms with E-state index in [1.165, 1.54) is 12.8 Å². The highest BCUT2D eigenvalue weighted by Crippen LogP contribution is 2.28. The maximum atomic E-state index is 6.11. The van der Waals surface area contributed by atoms with Gasteiger partial charge in [-0.25, -0.2) is 9.50 Å². The van der Waals surface area contributed by atoms with Crippen LogP contribution < -0.4 is 0 Å². The molecule has 1 atom stereocenters. The topological polar surface area (TPSA) is 33.4 Å². The van der Waals surface area contributed by atoms with Gasteiger partial charge in [0, 0.05) is 6.20 Å². The van der Waals surface area contributed by atoms with E-state index in [1.807, 2.05) is 18.3 Å². The third kappa shape index (κ3) is 1.91. The first-order valence-electron chi connectivity index (χ1n) is 5.97. The Bertz CT molecular complexity index is 536. The van der Waals surface area contributed by atoms with Gasteiger partial charge in [0.2, 0.25) is 0 Å². The normalized spacial score (nSPS) is 22.1. The highest BCUT2D eigenvalue weighted by atomic mass is 35.5. The molecule has 1 aliphatic heterocycles. The quantitative estimate of drug-likeness (QED) is 0.780. The number of nitrogens with zero attached hydrogens (tertiary/aromatic N) is 4. The number of hydrogen-bond acceptors (Lipinski definition) is 3. The Balaban J connectivity index is 2.02. The molecule has 17 heavy (non-hydrogen) atoms. The van der Waals surface area contributed by atoms with Crippen molar-refractivity contribution in [1.29, 1.82) is 0 Å². The summed E-state index contributed by atoms with van der Waals surface area (Å²) in [4.78, 5) is 6.89. The third-order valence-electron chi connectivity index (χ3n) is 3.40. The first kappa shape index (κ1) is 11.0. The molecule has 2 aromatic rings. The SMILES string of the molecule is CN1CCCCC1c1nc2c(Cl)cccn2n1. The Hall–Kier alpha value is -1.13. The molecule has 0 radical (unpaired) electrons. The van der Waals surface area contributed by atoms with Crippen LogP contribution in [0.4, 0.5) is 0 Å². The smallest absolute Gasteiger partial charge is 0.174 e. The molecule has 0 N–H and O–H groups in total. The predicted molar refractivity (Wildman–Crippen MR) is 67.2 cm³/mol. The van der Waals surface area contributed by atoms with E-state index in [4.69, 9.17) is 11.6 Å². The molecule has 1 unspecified atom stereocenters. The lowest BCUT2D eigenvalue weighted by atomic mass is 10.0. The van der Waals surface area contributed by atoms with E-state index in [-0.39, 0.29) is 0 Å². The minimum Gasteiger partial charge on any atom is -0.296 e. The summed E-state index contributed by atoms with van der Waals surface area (Å²) < 4.78 is 1.76. The van der Waals surface area contributed by atoms with Crippen LogP contribution in [-0.2, 0) is 0 Å². The van der Waals surface area contributed by atoms with Crippen molar-refractivity contribution >= 4 is 17.2 Å². The molecular weight excluding hydrogens is 236 g/mol. The molecule has 0 amide bonds.